The molecule has 0 aliphatic carbocycles. The zero-order valence-corrected chi connectivity index (χ0v) is 16.9. The summed E-state index contributed by atoms with van der Waals surface area (Å²) in [7, 11) is -3.79. The Balaban J connectivity index is 1.36. The van der Waals surface area contributed by atoms with Gasteiger partial charge in [-0.05, 0) is 30.3 Å². The van der Waals surface area contributed by atoms with Gasteiger partial charge in [-0.2, -0.15) is 4.31 Å². The van der Waals surface area contributed by atoms with E-state index in [1.54, 1.807) is 4.90 Å². The van der Waals surface area contributed by atoms with E-state index in [4.69, 9.17) is 4.42 Å². The molecule has 1 fully saturated rings. The summed E-state index contributed by atoms with van der Waals surface area (Å²) in [6.07, 6.45) is 1.54. The second-order valence-electron chi connectivity index (χ2n) is 6.93. The maximum absolute atomic E-state index is 13.4. The summed E-state index contributed by atoms with van der Waals surface area (Å²) >= 11 is 0. The van der Waals surface area contributed by atoms with Crippen LogP contribution in [-0.4, -0.2) is 54.7 Å². The minimum atomic E-state index is -3.79. The predicted molar refractivity (Wildman–Crippen MR) is 107 cm³/mol. The molecule has 0 radical (unpaired) electrons. The van der Waals surface area contributed by atoms with Crippen molar-refractivity contribution < 1.29 is 22.0 Å². The lowest BCUT2D eigenvalue weighted by atomic mass is 10.2. The van der Waals surface area contributed by atoms with Gasteiger partial charge < -0.3 is 9.32 Å². The van der Waals surface area contributed by atoms with E-state index in [9.17, 15) is 17.6 Å². The number of carbonyl (C=O) groups is 1. The van der Waals surface area contributed by atoms with Gasteiger partial charge in [-0.1, -0.05) is 24.3 Å². The number of carbonyl (C=O) groups excluding carboxylic acids is 1. The molecule has 1 aromatic heterocycles. The number of rotatable bonds is 5. The van der Waals surface area contributed by atoms with Crippen LogP contribution in [0.15, 0.2) is 70.2 Å². The van der Waals surface area contributed by atoms with E-state index in [0.717, 1.165) is 11.6 Å². The van der Waals surface area contributed by atoms with Gasteiger partial charge in [0.2, 0.25) is 21.8 Å². The zero-order valence-electron chi connectivity index (χ0n) is 16.1. The van der Waals surface area contributed by atoms with Gasteiger partial charge in [0.15, 0.2) is 0 Å². The van der Waals surface area contributed by atoms with Crippen LogP contribution in [0.2, 0.25) is 0 Å². The van der Waals surface area contributed by atoms with E-state index in [-0.39, 0.29) is 43.4 Å². The maximum Gasteiger partial charge on any atom is 0.243 e. The molecule has 3 aromatic rings. The van der Waals surface area contributed by atoms with E-state index in [1.165, 1.54) is 28.8 Å². The van der Waals surface area contributed by atoms with Crippen LogP contribution < -0.4 is 0 Å². The Hall–Kier alpha value is -3.04. The zero-order chi connectivity index (χ0) is 21.1. The van der Waals surface area contributed by atoms with Gasteiger partial charge in [0.25, 0.3) is 0 Å². The summed E-state index contributed by atoms with van der Waals surface area (Å²) in [6.45, 7) is 0.824. The molecule has 0 N–H and O–H groups in total. The highest BCUT2D eigenvalue weighted by atomic mass is 32.2. The number of hydrogen-bond acceptors (Lipinski definition) is 5. The minimum Gasteiger partial charge on any atom is -0.444 e. The number of benzene rings is 2. The number of oxazole rings is 1. The highest BCUT2D eigenvalue weighted by Crippen LogP contribution is 2.20. The lowest BCUT2D eigenvalue weighted by Gasteiger charge is -2.34. The Morgan fingerprint density at radius 3 is 2.47 bits per heavy atom. The van der Waals surface area contributed by atoms with Crippen LogP contribution in [0.1, 0.15) is 5.69 Å². The van der Waals surface area contributed by atoms with Crippen molar-refractivity contribution in [1.29, 1.82) is 0 Å². The number of hydrogen-bond donors (Lipinski definition) is 0. The molecule has 7 nitrogen and oxygen atoms in total. The molecule has 1 saturated heterocycles. The molecular formula is C21H20FN3O4S. The first kappa shape index (κ1) is 20.2. The lowest BCUT2D eigenvalue weighted by molar-refractivity contribution is -0.131. The van der Waals surface area contributed by atoms with E-state index >= 15 is 0 Å². The molecule has 4 rings (SSSR count). The highest BCUT2D eigenvalue weighted by molar-refractivity contribution is 7.89. The number of halogens is 1. The van der Waals surface area contributed by atoms with Crippen molar-refractivity contribution in [2.45, 2.75) is 11.3 Å². The summed E-state index contributed by atoms with van der Waals surface area (Å²) in [5.41, 5.74) is 1.35. The second-order valence-corrected chi connectivity index (χ2v) is 8.87. The topological polar surface area (TPSA) is 83.7 Å². The molecule has 0 unspecified atom stereocenters. The van der Waals surface area contributed by atoms with Gasteiger partial charge in [0.1, 0.15) is 12.1 Å². The van der Waals surface area contributed by atoms with Crippen LogP contribution in [0.25, 0.3) is 11.5 Å². The van der Waals surface area contributed by atoms with Gasteiger partial charge in [-0.3, -0.25) is 4.79 Å². The third-order valence-corrected chi connectivity index (χ3v) is 6.82. The fourth-order valence-electron chi connectivity index (χ4n) is 3.32. The van der Waals surface area contributed by atoms with Gasteiger partial charge in [-0.25, -0.2) is 17.8 Å². The monoisotopic (exact) mass is 429 g/mol. The van der Waals surface area contributed by atoms with Crippen LogP contribution in [-0.2, 0) is 21.2 Å². The lowest BCUT2D eigenvalue weighted by Crippen LogP contribution is -2.50. The SMILES string of the molecule is O=C(Cc1coc(-c2ccccc2)n1)N1CCN(S(=O)(=O)c2cccc(F)c2)CC1. The number of amides is 1. The van der Waals surface area contributed by atoms with Crippen LogP contribution >= 0.6 is 0 Å². The smallest absolute Gasteiger partial charge is 0.243 e. The van der Waals surface area contributed by atoms with Gasteiger partial charge >= 0.3 is 0 Å². The van der Waals surface area contributed by atoms with Crippen LogP contribution in [0.3, 0.4) is 0 Å². The summed E-state index contributed by atoms with van der Waals surface area (Å²) in [5.74, 6) is -0.303. The molecule has 0 atom stereocenters. The molecule has 1 aliphatic rings. The highest BCUT2D eigenvalue weighted by Gasteiger charge is 2.30. The quantitative estimate of drug-likeness (QED) is 0.623. The molecule has 0 spiro atoms. The summed E-state index contributed by atoms with van der Waals surface area (Å²) < 4.78 is 45.5. The van der Waals surface area contributed by atoms with Crippen LogP contribution in [0, 0.1) is 5.82 Å². The molecule has 2 aromatic carbocycles. The number of sulfonamides is 1. The van der Waals surface area contributed by atoms with Crippen molar-refractivity contribution in [1.82, 2.24) is 14.2 Å². The fraction of sp³-hybridized carbons (Fsp3) is 0.238. The van der Waals surface area contributed by atoms with E-state index < -0.39 is 15.8 Å². The molecule has 9 heteroatoms. The van der Waals surface area contributed by atoms with E-state index in [0.29, 0.717) is 11.6 Å². The largest absolute Gasteiger partial charge is 0.444 e. The molecule has 156 valence electrons. The third-order valence-electron chi connectivity index (χ3n) is 4.93. The first-order valence-corrected chi connectivity index (χ1v) is 10.9. The molecule has 30 heavy (non-hydrogen) atoms. The Bertz CT molecular complexity index is 1140. The summed E-state index contributed by atoms with van der Waals surface area (Å²) in [4.78, 5) is 18.5. The molecule has 1 amide bonds. The van der Waals surface area contributed by atoms with Crippen molar-refractivity contribution in [2.75, 3.05) is 26.2 Å². The van der Waals surface area contributed by atoms with Crippen molar-refractivity contribution in [2.24, 2.45) is 0 Å². The Kier molecular flexibility index (Phi) is 5.65. The molecular weight excluding hydrogens is 409 g/mol. The average molecular weight is 429 g/mol. The number of nitrogens with zero attached hydrogens (tertiary/aromatic N) is 3. The minimum absolute atomic E-state index is 0.0764. The van der Waals surface area contributed by atoms with Gasteiger partial charge in [0, 0.05) is 31.7 Å². The normalized spacial score (nSPS) is 15.3. The maximum atomic E-state index is 13.4. The van der Waals surface area contributed by atoms with Crippen molar-refractivity contribution >= 4 is 15.9 Å². The predicted octanol–water partition coefficient (Wildman–Crippen LogP) is 2.56. The van der Waals surface area contributed by atoms with E-state index in [2.05, 4.69) is 4.98 Å². The van der Waals surface area contributed by atoms with E-state index in [1.807, 2.05) is 30.3 Å². The average Bonchev–Trinajstić information content (AvgIpc) is 3.23. The summed E-state index contributed by atoms with van der Waals surface area (Å²) in [6, 6.07) is 14.3. The Morgan fingerprint density at radius 2 is 1.77 bits per heavy atom. The second kappa shape index (κ2) is 8.37. The molecule has 1 aliphatic heterocycles. The first-order chi connectivity index (χ1) is 14.4. The Morgan fingerprint density at radius 1 is 1.03 bits per heavy atom. The van der Waals surface area contributed by atoms with Gasteiger partial charge in [0.05, 0.1) is 17.0 Å². The molecule has 0 bridgehead atoms. The van der Waals surface area contributed by atoms with Crippen molar-refractivity contribution in [3.05, 3.63) is 72.4 Å². The van der Waals surface area contributed by atoms with Crippen molar-refractivity contribution in [3.63, 3.8) is 0 Å². The third kappa shape index (κ3) is 4.27. The molecule has 0 saturated carbocycles. The van der Waals surface area contributed by atoms with Crippen LogP contribution in [0.4, 0.5) is 4.39 Å². The first-order valence-electron chi connectivity index (χ1n) is 9.47. The Labute approximate surface area is 173 Å². The van der Waals surface area contributed by atoms with Crippen LogP contribution in [0.5, 0.6) is 0 Å². The fourth-order valence-corrected chi connectivity index (χ4v) is 4.78. The standard InChI is InChI=1S/C21H20FN3O4S/c22-17-7-4-8-19(13-17)30(27,28)25-11-9-24(10-12-25)20(26)14-18-15-29-21(23-18)16-5-2-1-3-6-16/h1-8,13,15H,9-12,14H2. The van der Waals surface area contributed by atoms with Crippen molar-refractivity contribution in [3.8, 4) is 11.5 Å². The summed E-state index contributed by atoms with van der Waals surface area (Å²) in [5, 5.41) is 0. The van der Waals surface area contributed by atoms with Gasteiger partial charge in [-0.15, -0.1) is 0 Å². The molecule has 2 heterocycles. The number of piperazine rings is 1. The number of aromatic nitrogens is 1.